The largest absolute Gasteiger partial charge is 0.464 e. The van der Waals surface area contributed by atoms with E-state index in [2.05, 4.69) is 15.9 Å². The van der Waals surface area contributed by atoms with E-state index in [9.17, 15) is 4.79 Å². The minimum Gasteiger partial charge on any atom is -0.464 e. The molecule has 0 spiro atoms. The third-order valence-corrected chi connectivity index (χ3v) is 4.12. The molecule has 3 nitrogen and oxygen atoms in total. The van der Waals surface area contributed by atoms with Crippen LogP contribution in [-0.4, -0.2) is 31.1 Å². The molecule has 1 aromatic rings. The number of hydrogen-bond acceptors (Lipinski definition) is 3. The molecule has 0 saturated heterocycles. The van der Waals surface area contributed by atoms with Gasteiger partial charge in [0.25, 0.3) is 0 Å². The maximum atomic E-state index is 12.0. The Bertz CT molecular complexity index is 380. The summed E-state index contributed by atoms with van der Waals surface area (Å²) in [4.78, 5) is 11.6. The lowest BCUT2D eigenvalue weighted by atomic mass is 9.98. The van der Waals surface area contributed by atoms with Gasteiger partial charge >= 0.3 is 5.97 Å². The van der Waals surface area contributed by atoms with Gasteiger partial charge in [0.1, 0.15) is 4.83 Å². The van der Waals surface area contributed by atoms with Crippen molar-refractivity contribution in [2.75, 3.05) is 20.3 Å². The summed E-state index contributed by atoms with van der Waals surface area (Å²) >= 11 is 3.43. The number of alkyl halides is 1. The standard InChI is InChI=1S/C15H21BrO3/c1-11(9-18-3)10-19-15(17)14(16)12(2)13-7-5-4-6-8-13/h4-8,11-12,14H,9-10H2,1-3H3. The number of methoxy groups -OCH3 is 1. The monoisotopic (exact) mass is 328 g/mol. The molecule has 0 aliphatic carbocycles. The van der Waals surface area contributed by atoms with Gasteiger partial charge in [0.15, 0.2) is 0 Å². The molecule has 0 aromatic heterocycles. The van der Waals surface area contributed by atoms with Gasteiger partial charge in [0, 0.05) is 18.9 Å². The van der Waals surface area contributed by atoms with Gasteiger partial charge in [-0.15, -0.1) is 0 Å². The SMILES string of the molecule is COCC(C)COC(=O)C(Br)C(C)c1ccccc1. The first kappa shape index (κ1) is 16.2. The Morgan fingerprint density at radius 2 is 1.84 bits per heavy atom. The van der Waals surface area contributed by atoms with E-state index in [0.717, 1.165) is 5.56 Å². The predicted molar refractivity (Wildman–Crippen MR) is 79.6 cm³/mol. The molecule has 0 radical (unpaired) electrons. The highest BCUT2D eigenvalue weighted by Crippen LogP contribution is 2.25. The second kappa shape index (κ2) is 8.33. The molecular weight excluding hydrogens is 308 g/mol. The molecule has 1 aromatic carbocycles. The van der Waals surface area contributed by atoms with Gasteiger partial charge in [-0.1, -0.05) is 60.1 Å². The summed E-state index contributed by atoms with van der Waals surface area (Å²) in [6, 6.07) is 9.93. The minimum atomic E-state index is -0.329. The fraction of sp³-hybridized carbons (Fsp3) is 0.533. The summed E-state index contributed by atoms with van der Waals surface area (Å²) in [7, 11) is 1.64. The average molecular weight is 329 g/mol. The molecular formula is C15H21BrO3. The van der Waals surface area contributed by atoms with Crippen LogP contribution < -0.4 is 0 Å². The molecule has 0 aliphatic heterocycles. The van der Waals surface area contributed by atoms with E-state index in [-0.39, 0.29) is 22.6 Å². The van der Waals surface area contributed by atoms with Crippen LogP contribution in [0.1, 0.15) is 25.3 Å². The van der Waals surface area contributed by atoms with Gasteiger partial charge in [0.05, 0.1) is 13.2 Å². The lowest BCUT2D eigenvalue weighted by molar-refractivity contribution is -0.144. The van der Waals surface area contributed by atoms with Crippen molar-refractivity contribution in [2.24, 2.45) is 5.92 Å². The second-order valence-electron chi connectivity index (χ2n) is 4.79. The zero-order chi connectivity index (χ0) is 14.3. The minimum absolute atomic E-state index is 0.0754. The molecule has 4 heteroatoms. The Kier molecular flexibility index (Phi) is 7.10. The molecule has 0 fully saturated rings. The van der Waals surface area contributed by atoms with Crippen molar-refractivity contribution in [3.63, 3.8) is 0 Å². The molecule has 0 aliphatic rings. The van der Waals surface area contributed by atoms with Crippen LogP contribution >= 0.6 is 15.9 Å². The summed E-state index contributed by atoms with van der Waals surface area (Å²) in [6.07, 6.45) is 0. The number of rotatable bonds is 7. The molecule has 0 N–H and O–H groups in total. The van der Waals surface area contributed by atoms with E-state index < -0.39 is 0 Å². The molecule has 1 rings (SSSR count). The van der Waals surface area contributed by atoms with Crippen LogP contribution in [-0.2, 0) is 14.3 Å². The van der Waals surface area contributed by atoms with Crippen LogP contribution in [0.4, 0.5) is 0 Å². The normalized spacial score (nSPS) is 15.6. The summed E-state index contributed by atoms with van der Waals surface area (Å²) in [5, 5.41) is 0. The molecule has 19 heavy (non-hydrogen) atoms. The Hall–Kier alpha value is -0.870. The average Bonchev–Trinajstić information content (AvgIpc) is 2.44. The van der Waals surface area contributed by atoms with E-state index in [4.69, 9.17) is 9.47 Å². The maximum absolute atomic E-state index is 12.0. The van der Waals surface area contributed by atoms with E-state index in [1.165, 1.54) is 0 Å². The number of hydrogen-bond donors (Lipinski definition) is 0. The first-order chi connectivity index (χ1) is 9.06. The van der Waals surface area contributed by atoms with Gasteiger partial charge in [-0.2, -0.15) is 0 Å². The smallest absolute Gasteiger partial charge is 0.320 e. The molecule has 106 valence electrons. The van der Waals surface area contributed by atoms with Gasteiger partial charge < -0.3 is 9.47 Å². The summed E-state index contributed by atoms with van der Waals surface area (Å²) in [6.45, 7) is 4.97. The van der Waals surface area contributed by atoms with Crippen LogP contribution in [0, 0.1) is 5.92 Å². The van der Waals surface area contributed by atoms with E-state index >= 15 is 0 Å². The third-order valence-electron chi connectivity index (χ3n) is 2.95. The zero-order valence-corrected chi connectivity index (χ0v) is 13.2. The van der Waals surface area contributed by atoms with Gasteiger partial charge in [0.2, 0.25) is 0 Å². The Balaban J connectivity index is 2.48. The van der Waals surface area contributed by atoms with Crippen molar-refractivity contribution >= 4 is 21.9 Å². The molecule has 0 amide bonds. The van der Waals surface area contributed by atoms with Crippen molar-refractivity contribution in [3.8, 4) is 0 Å². The number of carbonyl (C=O) groups is 1. The van der Waals surface area contributed by atoms with Crippen molar-refractivity contribution < 1.29 is 14.3 Å². The van der Waals surface area contributed by atoms with Crippen molar-refractivity contribution in [2.45, 2.75) is 24.6 Å². The molecule has 0 heterocycles. The summed E-state index contributed by atoms with van der Waals surface area (Å²) in [5.41, 5.74) is 1.12. The third kappa shape index (κ3) is 5.33. The molecule has 3 atom stereocenters. The Labute approximate surface area is 123 Å². The van der Waals surface area contributed by atoms with Crippen molar-refractivity contribution in [1.29, 1.82) is 0 Å². The Morgan fingerprint density at radius 1 is 1.21 bits per heavy atom. The predicted octanol–water partition coefficient (Wildman–Crippen LogP) is 3.38. The highest BCUT2D eigenvalue weighted by atomic mass is 79.9. The molecule has 0 bridgehead atoms. The molecule has 3 unspecified atom stereocenters. The van der Waals surface area contributed by atoms with Gasteiger partial charge in [-0.25, -0.2) is 0 Å². The fourth-order valence-electron chi connectivity index (χ4n) is 1.77. The number of esters is 1. The van der Waals surface area contributed by atoms with Gasteiger partial charge in [-0.3, -0.25) is 4.79 Å². The fourth-order valence-corrected chi connectivity index (χ4v) is 2.20. The number of ether oxygens (including phenoxy) is 2. The quantitative estimate of drug-likeness (QED) is 0.568. The van der Waals surface area contributed by atoms with Crippen molar-refractivity contribution in [3.05, 3.63) is 35.9 Å². The highest BCUT2D eigenvalue weighted by molar-refractivity contribution is 9.10. The van der Waals surface area contributed by atoms with Crippen LogP contribution in [0.3, 0.4) is 0 Å². The maximum Gasteiger partial charge on any atom is 0.320 e. The van der Waals surface area contributed by atoms with Crippen LogP contribution in [0.2, 0.25) is 0 Å². The first-order valence-electron chi connectivity index (χ1n) is 6.40. The van der Waals surface area contributed by atoms with E-state index in [0.29, 0.717) is 13.2 Å². The molecule has 0 saturated carbocycles. The van der Waals surface area contributed by atoms with Crippen molar-refractivity contribution in [1.82, 2.24) is 0 Å². The number of benzene rings is 1. The van der Waals surface area contributed by atoms with Crippen LogP contribution in [0.5, 0.6) is 0 Å². The second-order valence-corrected chi connectivity index (χ2v) is 5.78. The zero-order valence-electron chi connectivity index (χ0n) is 11.6. The number of carbonyl (C=O) groups excluding carboxylic acids is 1. The first-order valence-corrected chi connectivity index (χ1v) is 7.32. The topological polar surface area (TPSA) is 35.5 Å². The summed E-state index contributed by atoms with van der Waals surface area (Å²) in [5.74, 6) is 0.0615. The highest BCUT2D eigenvalue weighted by Gasteiger charge is 2.25. The number of halogens is 1. The van der Waals surface area contributed by atoms with Crippen LogP contribution in [0.15, 0.2) is 30.3 Å². The lowest BCUT2D eigenvalue weighted by Crippen LogP contribution is -2.25. The van der Waals surface area contributed by atoms with Gasteiger partial charge in [-0.05, 0) is 5.56 Å². The Morgan fingerprint density at radius 3 is 2.42 bits per heavy atom. The lowest BCUT2D eigenvalue weighted by Gasteiger charge is -2.19. The van der Waals surface area contributed by atoms with E-state index in [1.807, 2.05) is 44.2 Å². The van der Waals surface area contributed by atoms with Crippen LogP contribution in [0.25, 0.3) is 0 Å². The van der Waals surface area contributed by atoms with E-state index in [1.54, 1.807) is 7.11 Å². The summed E-state index contributed by atoms with van der Waals surface area (Å²) < 4.78 is 10.3.